The van der Waals surface area contributed by atoms with E-state index in [1.165, 1.54) is 26.4 Å². The van der Waals surface area contributed by atoms with Crippen LogP contribution in [0.1, 0.15) is 41.6 Å². The van der Waals surface area contributed by atoms with Crippen LogP contribution in [0, 0.1) is 11.8 Å². The smallest absolute Gasteiger partial charge is 0.257 e. The van der Waals surface area contributed by atoms with E-state index < -0.39 is 0 Å². The number of nitrogens with one attached hydrogen (secondary N) is 1. The highest BCUT2D eigenvalue weighted by atomic mass is 16.5. The SMILES string of the molecule is COc1ncc(-c2ccn3nc(N)nc3c2)cc1C(=O)NCc1ccccc1O[C@H]1C[C@H]2CC[C@@H]1C2. The molecule has 2 aliphatic rings. The van der Waals surface area contributed by atoms with Gasteiger partial charge in [0, 0.05) is 30.1 Å². The van der Waals surface area contributed by atoms with Crippen molar-refractivity contribution >= 4 is 17.5 Å². The summed E-state index contributed by atoms with van der Waals surface area (Å²) in [6.45, 7) is 0.341. The Morgan fingerprint density at radius 2 is 2.06 bits per heavy atom. The van der Waals surface area contributed by atoms with Gasteiger partial charge in [0.25, 0.3) is 5.91 Å². The zero-order valence-electron chi connectivity index (χ0n) is 20.1. The Labute approximate surface area is 208 Å². The summed E-state index contributed by atoms with van der Waals surface area (Å²) in [4.78, 5) is 21.8. The summed E-state index contributed by atoms with van der Waals surface area (Å²) in [5.41, 5.74) is 9.20. The molecule has 6 rings (SSSR count). The van der Waals surface area contributed by atoms with Gasteiger partial charge in [-0.15, -0.1) is 5.10 Å². The third-order valence-electron chi connectivity index (χ3n) is 7.34. The number of benzene rings is 1. The Balaban J connectivity index is 1.20. The summed E-state index contributed by atoms with van der Waals surface area (Å²) in [6.07, 6.45) is 8.72. The molecule has 36 heavy (non-hydrogen) atoms. The lowest BCUT2D eigenvalue weighted by Crippen LogP contribution is -2.26. The molecule has 0 aliphatic heterocycles. The average molecular weight is 485 g/mol. The van der Waals surface area contributed by atoms with Crippen LogP contribution in [0.5, 0.6) is 11.6 Å². The highest BCUT2D eigenvalue weighted by Gasteiger charge is 2.41. The van der Waals surface area contributed by atoms with E-state index in [0.29, 0.717) is 23.7 Å². The van der Waals surface area contributed by atoms with Crippen LogP contribution >= 0.6 is 0 Å². The fraction of sp³-hybridized carbons (Fsp3) is 0.333. The Bertz CT molecular complexity index is 1430. The third kappa shape index (κ3) is 4.21. The highest BCUT2D eigenvalue weighted by Crippen LogP contribution is 2.46. The maximum atomic E-state index is 13.2. The first kappa shape index (κ1) is 22.3. The van der Waals surface area contributed by atoms with Gasteiger partial charge in [0.05, 0.1) is 7.11 Å². The van der Waals surface area contributed by atoms with Crippen LogP contribution < -0.4 is 20.5 Å². The van der Waals surface area contributed by atoms with E-state index in [-0.39, 0.29) is 23.8 Å². The maximum absolute atomic E-state index is 13.2. The first-order valence-corrected chi connectivity index (χ1v) is 12.3. The molecule has 3 atom stereocenters. The molecule has 9 nitrogen and oxygen atoms in total. The fourth-order valence-corrected chi connectivity index (χ4v) is 5.54. The standard InChI is InChI=1S/C27H28N6O3/c1-35-26-21(12-20(15-30-26)17-8-9-33-24(13-17)31-27(28)32-33)25(34)29-14-19-4-2-3-5-22(19)36-23-11-16-6-7-18(23)10-16/h2-5,8-9,12-13,15-16,18,23H,6-7,10-11,14H2,1H3,(H2,28,32)(H,29,34)/t16-,18+,23-/m0/s1. The van der Waals surface area contributed by atoms with Crippen molar-refractivity contribution in [3.8, 4) is 22.8 Å². The van der Waals surface area contributed by atoms with E-state index in [2.05, 4.69) is 20.4 Å². The number of anilines is 1. The van der Waals surface area contributed by atoms with Crippen molar-refractivity contribution in [2.75, 3.05) is 12.8 Å². The van der Waals surface area contributed by atoms with Crippen LogP contribution in [-0.2, 0) is 6.54 Å². The lowest BCUT2D eigenvalue weighted by molar-refractivity contribution is 0.0946. The second kappa shape index (κ2) is 9.14. The van der Waals surface area contributed by atoms with E-state index in [0.717, 1.165) is 34.8 Å². The molecule has 2 fully saturated rings. The molecule has 2 bridgehead atoms. The van der Waals surface area contributed by atoms with Crippen molar-refractivity contribution in [2.45, 2.75) is 38.3 Å². The quantitative estimate of drug-likeness (QED) is 0.409. The molecule has 0 unspecified atom stereocenters. The summed E-state index contributed by atoms with van der Waals surface area (Å²) < 4.78 is 13.4. The van der Waals surface area contributed by atoms with Crippen LogP contribution in [0.3, 0.4) is 0 Å². The summed E-state index contributed by atoms with van der Waals surface area (Å²) in [6, 6.07) is 13.4. The number of para-hydroxylation sites is 1. The predicted molar refractivity (Wildman–Crippen MR) is 135 cm³/mol. The van der Waals surface area contributed by atoms with E-state index in [1.807, 2.05) is 36.4 Å². The largest absolute Gasteiger partial charge is 0.490 e. The summed E-state index contributed by atoms with van der Waals surface area (Å²) in [7, 11) is 1.50. The first-order chi connectivity index (χ1) is 17.6. The van der Waals surface area contributed by atoms with Gasteiger partial charge in [0.2, 0.25) is 11.8 Å². The normalized spacial score (nSPS) is 20.5. The van der Waals surface area contributed by atoms with Crippen molar-refractivity contribution < 1.29 is 14.3 Å². The number of nitrogens with zero attached hydrogens (tertiary/aromatic N) is 4. The number of fused-ring (bicyclic) bond motifs is 3. The predicted octanol–water partition coefficient (Wildman–Crippen LogP) is 3.88. The topological polar surface area (TPSA) is 117 Å². The second-order valence-corrected chi connectivity index (χ2v) is 9.59. The number of ether oxygens (including phenoxy) is 2. The molecule has 4 aromatic rings. The van der Waals surface area contributed by atoms with Gasteiger partial charge in [-0.05, 0) is 67.3 Å². The van der Waals surface area contributed by atoms with Crippen LogP contribution in [0.2, 0.25) is 0 Å². The number of nitrogens with two attached hydrogens (primary N) is 1. The first-order valence-electron chi connectivity index (χ1n) is 12.3. The van der Waals surface area contributed by atoms with Crippen molar-refractivity contribution in [1.29, 1.82) is 0 Å². The molecule has 1 amide bonds. The zero-order valence-corrected chi connectivity index (χ0v) is 20.1. The number of hydrogen-bond acceptors (Lipinski definition) is 7. The average Bonchev–Trinajstić information content (AvgIpc) is 3.62. The van der Waals surface area contributed by atoms with Crippen LogP contribution in [0.25, 0.3) is 16.8 Å². The van der Waals surface area contributed by atoms with E-state index >= 15 is 0 Å². The zero-order chi connectivity index (χ0) is 24.6. The number of carbonyl (C=O) groups is 1. The minimum absolute atomic E-state index is 0.199. The fourth-order valence-electron chi connectivity index (χ4n) is 5.54. The van der Waals surface area contributed by atoms with Crippen molar-refractivity contribution in [3.63, 3.8) is 0 Å². The minimum atomic E-state index is -0.274. The molecule has 0 radical (unpaired) electrons. The van der Waals surface area contributed by atoms with E-state index in [4.69, 9.17) is 15.2 Å². The van der Waals surface area contributed by atoms with Gasteiger partial charge in [-0.25, -0.2) is 9.50 Å². The van der Waals surface area contributed by atoms with Crippen LogP contribution in [0.4, 0.5) is 5.95 Å². The molecule has 3 N–H and O–H groups in total. The maximum Gasteiger partial charge on any atom is 0.257 e. The van der Waals surface area contributed by atoms with Crippen molar-refractivity contribution in [1.82, 2.24) is 24.9 Å². The summed E-state index contributed by atoms with van der Waals surface area (Å²) in [5.74, 6) is 2.49. The lowest BCUT2D eigenvalue weighted by atomic mass is 9.97. The molecule has 184 valence electrons. The number of carbonyl (C=O) groups excluding carboxylic acids is 1. The molecule has 2 saturated carbocycles. The molecule has 0 saturated heterocycles. The third-order valence-corrected chi connectivity index (χ3v) is 7.34. The number of rotatable bonds is 7. The molecule has 2 aliphatic carbocycles. The Morgan fingerprint density at radius 1 is 1.17 bits per heavy atom. The van der Waals surface area contributed by atoms with E-state index in [9.17, 15) is 4.79 Å². The molecular weight excluding hydrogens is 456 g/mol. The summed E-state index contributed by atoms with van der Waals surface area (Å²) >= 11 is 0. The second-order valence-electron chi connectivity index (χ2n) is 9.59. The number of hydrogen-bond donors (Lipinski definition) is 2. The number of pyridine rings is 2. The van der Waals surface area contributed by atoms with Gasteiger partial charge in [0.15, 0.2) is 5.65 Å². The monoisotopic (exact) mass is 484 g/mol. The Morgan fingerprint density at radius 3 is 2.86 bits per heavy atom. The van der Waals surface area contributed by atoms with Gasteiger partial charge in [-0.1, -0.05) is 18.2 Å². The van der Waals surface area contributed by atoms with Crippen molar-refractivity contribution in [2.24, 2.45) is 11.8 Å². The highest BCUT2D eigenvalue weighted by molar-refractivity contribution is 5.97. The number of methoxy groups -OCH3 is 1. The Hall–Kier alpha value is -4.14. The van der Waals surface area contributed by atoms with Gasteiger partial charge in [-0.3, -0.25) is 4.79 Å². The van der Waals surface area contributed by atoms with Gasteiger partial charge in [-0.2, -0.15) is 4.98 Å². The molecule has 0 spiro atoms. The van der Waals surface area contributed by atoms with Crippen LogP contribution in [-0.4, -0.2) is 38.7 Å². The number of amides is 1. The lowest BCUT2D eigenvalue weighted by Gasteiger charge is -2.24. The van der Waals surface area contributed by atoms with Gasteiger partial charge in [0.1, 0.15) is 17.4 Å². The minimum Gasteiger partial charge on any atom is -0.490 e. The number of aromatic nitrogens is 4. The van der Waals surface area contributed by atoms with E-state index in [1.54, 1.807) is 23.0 Å². The molecule has 3 heterocycles. The Kier molecular flexibility index (Phi) is 5.67. The molecule has 1 aromatic carbocycles. The number of nitrogen functional groups attached to an aromatic ring is 1. The molecule has 9 heteroatoms. The molecule has 3 aromatic heterocycles. The van der Waals surface area contributed by atoms with Crippen LogP contribution in [0.15, 0.2) is 54.9 Å². The van der Waals surface area contributed by atoms with Gasteiger partial charge >= 0.3 is 0 Å². The summed E-state index contributed by atoms with van der Waals surface area (Å²) in [5, 5.41) is 7.12. The molecular formula is C27H28N6O3. The van der Waals surface area contributed by atoms with Gasteiger partial charge < -0.3 is 20.5 Å². The van der Waals surface area contributed by atoms with Crippen molar-refractivity contribution in [3.05, 3.63) is 66.0 Å².